The van der Waals surface area contributed by atoms with Gasteiger partial charge in [-0.05, 0) is 29.8 Å². The molecule has 1 saturated heterocycles. The van der Waals surface area contributed by atoms with Crippen LogP contribution in [0.5, 0.6) is 5.75 Å². The molecule has 1 fully saturated rings. The standard InChI is InChI=1S/C19H20N2O6/c1-26-16-5-4-12(7-15(16)19(24)25)9-20-18(23)13-8-17(22)21(10-13)11-14-3-2-6-27-14/h2-7,13H,8-11H2,1H3,(H,20,23)(H,24,25)/t13-/m0/s1. The van der Waals surface area contributed by atoms with Crippen LogP contribution in [0, 0.1) is 5.92 Å². The first-order chi connectivity index (χ1) is 13.0. The normalized spacial score (nSPS) is 16.4. The third-order valence-corrected chi connectivity index (χ3v) is 4.47. The molecule has 2 aromatic rings. The Hall–Kier alpha value is -3.29. The third kappa shape index (κ3) is 4.28. The minimum atomic E-state index is -1.10. The Labute approximate surface area is 155 Å². The van der Waals surface area contributed by atoms with Gasteiger partial charge < -0.3 is 24.5 Å². The Balaban J connectivity index is 1.57. The van der Waals surface area contributed by atoms with Gasteiger partial charge >= 0.3 is 5.97 Å². The molecule has 0 aliphatic carbocycles. The molecule has 8 heteroatoms. The molecule has 0 unspecified atom stereocenters. The lowest BCUT2D eigenvalue weighted by atomic mass is 10.1. The van der Waals surface area contributed by atoms with Crippen molar-refractivity contribution in [1.29, 1.82) is 0 Å². The molecule has 0 saturated carbocycles. The minimum Gasteiger partial charge on any atom is -0.496 e. The smallest absolute Gasteiger partial charge is 0.339 e. The molecule has 2 heterocycles. The minimum absolute atomic E-state index is 0.0323. The van der Waals surface area contributed by atoms with Gasteiger partial charge in [0.1, 0.15) is 17.1 Å². The largest absolute Gasteiger partial charge is 0.496 e. The van der Waals surface area contributed by atoms with Gasteiger partial charge in [0.15, 0.2) is 0 Å². The zero-order chi connectivity index (χ0) is 19.4. The topological polar surface area (TPSA) is 109 Å². The first kappa shape index (κ1) is 18.5. The Bertz CT molecular complexity index is 846. The first-order valence-corrected chi connectivity index (χ1v) is 8.46. The van der Waals surface area contributed by atoms with E-state index in [0.717, 1.165) is 0 Å². The van der Waals surface area contributed by atoms with Gasteiger partial charge in [0, 0.05) is 19.5 Å². The molecule has 3 rings (SSSR count). The molecule has 1 aromatic carbocycles. The van der Waals surface area contributed by atoms with Crippen molar-refractivity contribution in [3.63, 3.8) is 0 Å². The van der Waals surface area contributed by atoms with Gasteiger partial charge in [0.05, 0.1) is 25.8 Å². The highest BCUT2D eigenvalue weighted by Crippen LogP contribution is 2.22. The van der Waals surface area contributed by atoms with Crippen LogP contribution in [0.15, 0.2) is 41.0 Å². The lowest BCUT2D eigenvalue weighted by Gasteiger charge is -2.15. The molecule has 1 atom stereocenters. The second-order valence-electron chi connectivity index (χ2n) is 6.31. The fourth-order valence-electron chi connectivity index (χ4n) is 3.06. The van der Waals surface area contributed by atoms with Crippen LogP contribution in [-0.2, 0) is 22.7 Å². The molecule has 0 spiro atoms. The molecule has 2 amide bonds. The molecule has 142 valence electrons. The number of nitrogens with zero attached hydrogens (tertiary/aromatic N) is 1. The highest BCUT2D eigenvalue weighted by atomic mass is 16.5. The summed E-state index contributed by atoms with van der Waals surface area (Å²) in [6.07, 6.45) is 1.69. The average molecular weight is 372 g/mol. The summed E-state index contributed by atoms with van der Waals surface area (Å²) in [5, 5.41) is 12.0. The zero-order valence-corrected chi connectivity index (χ0v) is 14.8. The summed E-state index contributed by atoms with van der Waals surface area (Å²) in [5.74, 6) is -0.946. The number of ether oxygens (including phenoxy) is 1. The monoisotopic (exact) mass is 372 g/mol. The van der Waals surface area contributed by atoms with Crippen LogP contribution in [0.3, 0.4) is 0 Å². The number of furan rings is 1. The number of carboxylic acids is 1. The van der Waals surface area contributed by atoms with E-state index < -0.39 is 11.9 Å². The number of rotatable bonds is 7. The molecule has 0 radical (unpaired) electrons. The number of amides is 2. The van der Waals surface area contributed by atoms with Crippen LogP contribution in [0.4, 0.5) is 0 Å². The summed E-state index contributed by atoms with van der Waals surface area (Å²) in [5.41, 5.74) is 0.670. The van der Waals surface area contributed by atoms with Crippen LogP contribution in [0.2, 0.25) is 0 Å². The predicted octanol–water partition coefficient (Wildman–Crippen LogP) is 1.65. The number of likely N-dealkylation sites (tertiary alicyclic amines) is 1. The lowest BCUT2D eigenvalue weighted by Crippen LogP contribution is -2.32. The van der Waals surface area contributed by atoms with E-state index in [9.17, 15) is 19.5 Å². The van der Waals surface area contributed by atoms with Crippen molar-refractivity contribution in [1.82, 2.24) is 10.2 Å². The maximum absolute atomic E-state index is 12.4. The summed E-state index contributed by atoms with van der Waals surface area (Å²) in [6, 6.07) is 8.23. The maximum Gasteiger partial charge on any atom is 0.339 e. The fraction of sp³-hybridized carbons (Fsp3) is 0.316. The number of benzene rings is 1. The Morgan fingerprint density at radius 2 is 2.19 bits per heavy atom. The van der Waals surface area contributed by atoms with Crippen molar-refractivity contribution in [3.8, 4) is 5.75 Å². The van der Waals surface area contributed by atoms with Crippen LogP contribution < -0.4 is 10.1 Å². The molecule has 1 aliphatic rings. The van der Waals surface area contributed by atoms with E-state index in [-0.39, 0.29) is 36.1 Å². The number of carbonyl (C=O) groups excluding carboxylic acids is 2. The highest BCUT2D eigenvalue weighted by molar-refractivity contribution is 5.91. The SMILES string of the molecule is COc1ccc(CNC(=O)[C@H]2CC(=O)N(Cc3ccco3)C2)cc1C(=O)O. The molecule has 8 nitrogen and oxygen atoms in total. The van der Waals surface area contributed by atoms with Gasteiger partial charge in [0.2, 0.25) is 11.8 Å². The fourth-order valence-corrected chi connectivity index (χ4v) is 3.06. The number of hydrogen-bond donors (Lipinski definition) is 2. The van der Waals surface area contributed by atoms with Gasteiger partial charge in [-0.25, -0.2) is 4.79 Å². The zero-order valence-electron chi connectivity index (χ0n) is 14.8. The number of nitrogens with one attached hydrogen (secondary N) is 1. The van der Waals surface area contributed by atoms with Gasteiger partial charge in [0.25, 0.3) is 0 Å². The summed E-state index contributed by atoms with van der Waals surface area (Å²) >= 11 is 0. The summed E-state index contributed by atoms with van der Waals surface area (Å²) in [4.78, 5) is 37.4. The molecule has 0 bridgehead atoms. The number of hydrogen-bond acceptors (Lipinski definition) is 5. The van der Waals surface area contributed by atoms with Crippen LogP contribution in [0.1, 0.15) is 28.1 Å². The van der Waals surface area contributed by atoms with Gasteiger partial charge in [-0.15, -0.1) is 0 Å². The van der Waals surface area contributed by atoms with Crippen molar-refractivity contribution >= 4 is 17.8 Å². The van der Waals surface area contributed by atoms with Crippen molar-refractivity contribution in [3.05, 3.63) is 53.5 Å². The van der Waals surface area contributed by atoms with E-state index in [1.54, 1.807) is 35.4 Å². The molecule has 27 heavy (non-hydrogen) atoms. The van der Waals surface area contributed by atoms with E-state index in [0.29, 0.717) is 24.4 Å². The van der Waals surface area contributed by atoms with Crippen molar-refractivity contribution in [2.75, 3.05) is 13.7 Å². The summed E-state index contributed by atoms with van der Waals surface area (Å²) in [7, 11) is 1.40. The van der Waals surface area contributed by atoms with Crippen LogP contribution >= 0.6 is 0 Å². The van der Waals surface area contributed by atoms with E-state index in [1.807, 2.05) is 0 Å². The predicted molar refractivity (Wildman–Crippen MR) is 94.0 cm³/mol. The Morgan fingerprint density at radius 3 is 2.85 bits per heavy atom. The molecule has 1 aromatic heterocycles. The Morgan fingerprint density at radius 1 is 1.37 bits per heavy atom. The number of carbonyl (C=O) groups is 3. The van der Waals surface area contributed by atoms with Crippen molar-refractivity contribution < 1.29 is 28.6 Å². The van der Waals surface area contributed by atoms with Gasteiger partial charge in [-0.2, -0.15) is 0 Å². The molecular weight excluding hydrogens is 352 g/mol. The van der Waals surface area contributed by atoms with Crippen molar-refractivity contribution in [2.45, 2.75) is 19.5 Å². The summed E-state index contributed by atoms with van der Waals surface area (Å²) in [6.45, 7) is 0.844. The van der Waals surface area contributed by atoms with E-state index in [4.69, 9.17) is 9.15 Å². The average Bonchev–Trinajstić information content (AvgIpc) is 3.30. The number of methoxy groups -OCH3 is 1. The molecule has 2 N–H and O–H groups in total. The van der Waals surface area contributed by atoms with Crippen molar-refractivity contribution in [2.24, 2.45) is 5.92 Å². The molecular formula is C19H20N2O6. The second kappa shape index (κ2) is 7.94. The second-order valence-corrected chi connectivity index (χ2v) is 6.31. The van der Waals surface area contributed by atoms with E-state index in [2.05, 4.69) is 5.32 Å². The van der Waals surface area contributed by atoms with Gasteiger partial charge in [-0.3, -0.25) is 9.59 Å². The molecule has 1 aliphatic heterocycles. The Kier molecular flexibility index (Phi) is 5.44. The van der Waals surface area contributed by atoms with Crippen LogP contribution in [-0.4, -0.2) is 41.4 Å². The highest BCUT2D eigenvalue weighted by Gasteiger charge is 2.34. The number of carboxylic acid groups (broad SMARTS) is 1. The van der Waals surface area contributed by atoms with E-state index in [1.165, 1.54) is 13.2 Å². The summed E-state index contributed by atoms with van der Waals surface area (Å²) < 4.78 is 10.3. The third-order valence-electron chi connectivity index (χ3n) is 4.47. The maximum atomic E-state index is 12.4. The lowest BCUT2D eigenvalue weighted by molar-refractivity contribution is -0.129. The van der Waals surface area contributed by atoms with E-state index >= 15 is 0 Å². The van der Waals surface area contributed by atoms with Gasteiger partial charge in [-0.1, -0.05) is 6.07 Å². The first-order valence-electron chi connectivity index (χ1n) is 8.46. The number of aromatic carboxylic acids is 1. The quantitative estimate of drug-likeness (QED) is 0.765. The van der Waals surface area contributed by atoms with Crippen LogP contribution in [0.25, 0.3) is 0 Å².